The van der Waals surface area contributed by atoms with Crippen molar-refractivity contribution in [1.29, 1.82) is 0 Å². The number of rotatable bonds is 8. The van der Waals surface area contributed by atoms with Crippen molar-refractivity contribution in [3.8, 4) is 11.5 Å². The molecule has 0 aliphatic carbocycles. The molecule has 2 N–H and O–H groups in total. The molecule has 1 amide bonds. The third-order valence-corrected chi connectivity index (χ3v) is 4.16. The van der Waals surface area contributed by atoms with Crippen LogP contribution in [-0.2, 0) is 6.42 Å². The fourth-order valence-corrected chi connectivity index (χ4v) is 2.63. The van der Waals surface area contributed by atoms with Crippen molar-refractivity contribution in [2.75, 3.05) is 31.4 Å². The summed E-state index contributed by atoms with van der Waals surface area (Å²) < 4.78 is 23.4. The number of carbonyl (C=O) groups is 1. The molecule has 0 aliphatic heterocycles. The van der Waals surface area contributed by atoms with Crippen LogP contribution in [0.25, 0.3) is 0 Å². The van der Waals surface area contributed by atoms with Gasteiger partial charge in [0.05, 0.1) is 19.8 Å². The molecule has 2 aromatic carbocycles. The first-order valence-electron chi connectivity index (χ1n) is 8.93. The summed E-state index contributed by atoms with van der Waals surface area (Å²) in [6, 6.07) is 11.3. The fourth-order valence-electron chi connectivity index (χ4n) is 2.63. The first kappa shape index (κ1) is 20.1. The van der Waals surface area contributed by atoms with Gasteiger partial charge >= 0.3 is 0 Å². The van der Waals surface area contributed by atoms with Crippen LogP contribution in [0, 0.1) is 5.82 Å². The maximum absolute atomic E-state index is 12.9. The summed E-state index contributed by atoms with van der Waals surface area (Å²) >= 11 is 0. The first-order chi connectivity index (χ1) is 14.1. The lowest BCUT2D eigenvalue weighted by Gasteiger charge is -2.10. The molecule has 3 aromatic rings. The van der Waals surface area contributed by atoms with E-state index in [-0.39, 0.29) is 11.7 Å². The molecule has 0 spiro atoms. The van der Waals surface area contributed by atoms with E-state index in [9.17, 15) is 9.18 Å². The minimum absolute atomic E-state index is 0.305. The van der Waals surface area contributed by atoms with Crippen molar-refractivity contribution in [3.05, 3.63) is 71.8 Å². The minimum atomic E-state index is -0.367. The van der Waals surface area contributed by atoms with Crippen molar-refractivity contribution in [2.24, 2.45) is 0 Å². The van der Waals surface area contributed by atoms with Gasteiger partial charge < -0.3 is 20.1 Å². The highest BCUT2D eigenvalue weighted by Gasteiger charge is 2.08. The quantitative estimate of drug-likeness (QED) is 0.606. The van der Waals surface area contributed by atoms with E-state index >= 15 is 0 Å². The summed E-state index contributed by atoms with van der Waals surface area (Å²) in [4.78, 5) is 20.5. The number of ether oxygens (including phenoxy) is 2. The van der Waals surface area contributed by atoms with Gasteiger partial charge in [0.25, 0.3) is 5.91 Å². The monoisotopic (exact) mass is 396 g/mol. The van der Waals surface area contributed by atoms with Crippen LogP contribution >= 0.6 is 0 Å². The van der Waals surface area contributed by atoms with Crippen molar-refractivity contribution < 1.29 is 18.7 Å². The molecule has 0 aliphatic rings. The predicted octanol–water partition coefficient (Wildman–Crippen LogP) is 3.54. The molecule has 0 unspecified atom stereocenters. The second kappa shape index (κ2) is 9.50. The van der Waals surface area contributed by atoms with Gasteiger partial charge in [-0.3, -0.25) is 4.79 Å². The summed E-state index contributed by atoms with van der Waals surface area (Å²) in [5.74, 6) is 1.05. The Bertz CT molecular complexity index is 963. The van der Waals surface area contributed by atoms with Crippen LogP contribution in [0.1, 0.15) is 15.9 Å². The van der Waals surface area contributed by atoms with E-state index in [1.54, 1.807) is 14.2 Å². The van der Waals surface area contributed by atoms with Crippen LogP contribution in [0.2, 0.25) is 0 Å². The summed E-state index contributed by atoms with van der Waals surface area (Å²) in [5, 5.41) is 5.78. The third kappa shape index (κ3) is 5.41. The lowest BCUT2D eigenvalue weighted by Crippen LogP contribution is -2.14. The molecule has 3 rings (SSSR count). The van der Waals surface area contributed by atoms with E-state index in [1.165, 1.54) is 36.7 Å². The number of hydrogen-bond acceptors (Lipinski definition) is 6. The number of nitrogens with zero attached hydrogens (tertiary/aromatic N) is 2. The van der Waals surface area contributed by atoms with E-state index < -0.39 is 0 Å². The van der Waals surface area contributed by atoms with Crippen LogP contribution in [0.3, 0.4) is 0 Å². The highest BCUT2D eigenvalue weighted by molar-refractivity contribution is 6.03. The SMILES string of the molecule is COc1ccc(CCNc2ncc(C(=O)Nc3ccc(F)cc3)cn2)cc1OC. The summed E-state index contributed by atoms with van der Waals surface area (Å²) in [7, 11) is 3.20. The highest BCUT2D eigenvalue weighted by Crippen LogP contribution is 2.27. The second-order valence-corrected chi connectivity index (χ2v) is 6.12. The molecule has 0 saturated heterocycles. The fraction of sp³-hybridized carbons (Fsp3) is 0.190. The summed E-state index contributed by atoms with van der Waals surface area (Å²) in [6.45, 7) is 0.608. The molecule has 0 saturated carbocycles. The number of halogens is 1. The zero-order valence-electron chi connectivity index (χ0n) is 16.1. The van der Waals surface area contributed by atoms with Gasteiger partial charge in [0.15, 0.2) is 11.5 Å². The molecule has 0 radical (unpaired) electrons. The van der Waals surface area contributed by atoms with E-state index in [2.05, 4.69) is 20.6 Å². The van der Waals surface area contributed by atoms with E-state index in [1.807, 2.05) is 18.2 Å². The van der Waals surface area contributed by atoms with Crippen LogP contribution in [-0.4, -0.2) is 36.6 Å². The lowest BCUT2D eigenvalue weighted by molar-refractivity contribution is 0.102. The summed E-state index contributed by atoms with van der Waals surface area (Å²) in [5.41, 5.74) is 1.87. The number of aromatic nitrogens is 2. The molecular weight excluding hydrogens is 375 g/mol. The van der Waals surface area contributed by atoms with Gasteiger partial charge in [0.2, 0.25) is 5.95 Å². The predicted molar refractivity (Wildman–Crippen MR) is 108 cm³/mol. The minimum Gasteiger partial charge on any atom is -0.493 e. The van der Waals surface area contributed by atoms with Crippen LogP contribution < -0.4 is 20.1 Å². The number of methoxy groups -OCH3 is 2. The van der Waals surface area contributed by atoms with Gasteiger partial charge in [-0.15, -0.1) is 0 Å². The number of amides is 1. The normalized spacial score (nSPS) is 10.3. The molecule has 150 valence electrons. The number of nitrogens with one attached hydrogen (secondary N) is 2. The molecule has 7 nitrogen and oxygen atoms in total. The Labute approximate surface area is 167 Å². The molecule has 0 fully saturated rings. The smallest absolute Gasteiger partial charge is 0.258 e. The van der Waals surface area contributed by atoms with Crippen LogP contribution in [0.4, 0.5) is 16.0 Å². The lowest BCUT2D eigenvalue weighted by atomic mass is 10.1. The van der Waals surface area contributed by atoms with Gasteiger partial charge in [-0.2, -0.15) is 0 Å². The van der Waals surface area contributed by atoms with Crippen molar-refractivity contribution in [2.45, 2.75) is 6.42 Å². The zero-order chi connectivity index (χ0) is 20.6. The second-order valence-electron chi connectivity index (χ2n) is 6.12. The molecule has 0 bridgehead atoms. The van der Waals surface area contributed by atoms with Gasteiger partial charge in [-0.25, -0.2) is 14.4 Å². The topological polar surface area (TPSA) is 85.4 Å². The Morgan fingerprint density at radius 2 is 1.69 bits per heavy atom. The highest BCUT2D eigenvalue weighted by atomic mass is 19.1. The van der Waals surface area contributed by atoms with Gasteiger partial charge in [0.1, 0.15) is 5.82 Å². The molecule has 1 aromatic heterocycles. The Morgan fingerprint density at radius 3 is 2.34 bits per heavy atom. The number of carbonyl (C=O) groups excluding carboxylic acids is 1. The van der Waals surface area contributed by atoms with Crippen molar-refractivity contribution in [1.82, 2.24) is 9.97 Å². The number of hydrogen-bond donors (Lipinski definition) is 2. The Kier molecular flexibility index (Phi) is 6.57. The Morgan fingerprint density at radius 1 is 1.00 bits per heavy atom. The number of anilines is 2. The van der Waals surface area contributed by atoms with Crippen molar-refractivity contribution in [3.63, 3.8) is 0 Å². The van der Waals surface area contributed by atoms with Gasteiger partial charge in [0, 0.05) is 24.6 Å². The third-order valence-electron chi connectivity index (χ3n) is 4.16. The average Bonchev–Trinajstić information content (AvgIpc) is 2.75. The molecule has 29 heavy (non-hydrogen) atoms. The molecular formula is C21H21FN4O3. The zero-order valence-corrected chi connectivity index (χ0v) is 16.1. The standard InChI is InChI=1S/C21H21FN4O3/c1-28-18-8-3-14(11-19(18)29-2)9-10-23-21-24-12-15(13-25-21)20(27)26-17-6-4-16(22)5-7-17/h3-8,11-13H,9-10H2,1-2H3,(H,26,27)(H,23,24,25). The van der Waals surface area contributed by atoms with E-state index in [0.29, 0.717) is 35.2 Å². The Balaban J connectivity index is 1.52. The van der Waals surface area contributed by atoms with Crippen LogP contribution in [0.5, 0.6) is 11.5 Å². The van der Waals surface area contributed by atoms with E-state index in [4.69, 9.17) is 9.47 Å². The maximum Gasteiger partial charge on any atom is 0.258 e. The van der Waals surface area contributed by atoms with Gasteiger partial charge in [-0.05, 0) is 48.4 Å². The summed E-state index contributed by atoms with van der Waals surface area (Å²) in [6.07, 6.45) is 3.60. The number of benzene rings is 2. The van der Waals surface area contributed by atoms with E-state index in [0.717, 1.165) is 12.0 Å². The first-order valence-corrected chi connectivity index (χ1v) is 8.93. The largest absolute Gasteiger partial charge is 0.493 e. The average molecular weight is 396 g/mol. The van der Waals surface area contributed by atoms with Crippen molar-refractivity contribution >= 4 is 17.5 Å². The maximum atomic E-state index is 12.9. The molecule has 8 heteroatoms. The van der Waals surface area contributed by atoms with Gasteiger partial charge in [-0.1, -0.05) is 6.07 Å². The molecule has 0 atom stereocenters. The van der Waals surface area contributed by atoms with Crippen LogP contribution in [0.15, 0.2) is 54.9 Å². The molecule has 1 heterocycles. The Hall–Kier alpha value is -3.68.